The van der Waals surface area contributed by atoms with Crippen LogP contribution in [0.25, 0.3) is 0 Å². The molecule has 2 aromatic carbocycles. The van der Waals surface area contributed by atoms with Crippen LogP contribution < -0.4 is 10.5 Å². The molecule has 0 spiro atoms. The fourth-order valence-electron chi connectivity index (χ4n) is 1.90. The van der Waals surface area contributed by atoms with E-state index in [1.165, 1.54) is 12.1 Å². The van der Waals surface area contributed by atoms with E-state index < -0.39 is 21.9 Å². The highest BCUT2D eigenvalue weighted by Crippen LogP contribution is 2.23. The Morgan fingerprint density at radius 3 is 2.38 bits per heavy atom. The minimum Gasteiger partial charge on any atom is -0.394 e. The lowest BCUT2D eigenvalue weighted by molar-refractivity contribution is 0.276. The van der Waals surface area contributed by atoms with Gasteiger partial charge in [-0.3, -0.25) is 0 Å². The second-order valence-corrected chi connectivity index (χ2v) is 6.04. The van der Waals surface area contributed by atoms with Crippen molar-refractivity contribution in [3.05, 3.63) is 59.9 Å². The van der Waals surface area contributed by atoms with E-state index in [1.54, 1.807) is 24.3 Å². The molecule has 0 radical (unpaired) electrons. The topological polar surface area (TPSA) is 92.4 Å². The molecule has 21 heavy (non-hydrogen) atoms. The van der Waals surface area contributed by atoms with Crippen LogP contribution >= 0.6 is 0 Å². The lowest BCUT2D eigenvalue weighted by Gasteiger charge is -2.18. The minimum absolute atomic E-state index is 0.0882. The number of halogens is 1. The maximum absolute atomic E-state index is 13.9. The maximum Gasteiger partial charge on any atom is 0.238 e. The molecule has 7 heteroatoms. The number of nitrogens with two attached hydrogens (primary N) is 1. The standard InChI is InChI=1S/C14H15FN2O3S/c15-12-8-11(21(16,19)20)6-7-13(12)17-14(9-18)10-4-2-1-3-5-10/h1-8,14,17-18H,9H2,(H2,16,19,20). The van der Waals surface area contributed by atoms with Crippen LogP contribution in [0.2, 0.25) is 0 Å². The average Bonchev–Trinajstić information content (AvgIpc) is 2.46. The molecular formula is C14H15FN2O3S. The summed E-state index contributed by atoms with van der Waals surface area (Å²) >= 11 is 0. The monoisotopic (exact) mass is 310 g/mol. The van der Waals surface area contributed by atoms with Gasteiger partial charge in [0.2, 0.25) is 10.0 Å². The predicted molar refractivity (Wildman–Crippen MR) is 77.7 cm³/mol. The van der Waals surface area contributed by atoms with E-state index in [9.17, 15) is 17.9 Å². The second-order valence-electron chi connectivity index (χ2n) is 4.48. The summed E-state index contributed by atoms with van der Waals surface area (Å²) in [6.45, 7) is -0.236. The van der Waals surface area contributed by atoms with Crippen LogP contribution in [0.5, 0.6) is 0 Å². The van der Waals surface area contributed by atoms with Crippen molar-refractivity contribution >= 4 is 15.7 Å². The molecule has 4 N–H and O–H groups in total. The van der Waals surface area contributed by atoms with Gasteiger partial charge in [-0.1, -0.05) is 30.3 Å². The summed E-state index contributed by atoms with van der Waals surface area (Å²) in [7, 11) is -3.95. The van der Waals surface area contributed by atoms with Crippen LogP contribution in [0.15, 0.2) is 53.4 Å². The molecule has 2 rings (SSSR count). The van der Waals surface area contributed by atoms with Gasteiger partial charge < -0.3 is 10.4 Å². The quantitative estimate of drug-likeness (QED) is 0.782. The molecule has 0 aliphatic heterocycles. The van der Waals surface area contributed by atoms with Crippen LogP contribution in [-0.4, -0.2) is 20.1 Å². The zero-order valence-corrected chi connectivity index (χ0v) is 11.8. The SMILES string of the molecule is NS(=O)(=O)c1ccc(NC(CO)c2ccccc2)c(F)c1. The molecule has 0 aliphatic carbocycles. The van der Waals surface area contributed by atoms with Gasteiger partial charge >= 0.3 is 0 Å². The first-order valence-electron chi connectivity index (χ1n) is 6.16. The first-order chi connectivity index (χ1) is 9.91. The molecule has 0 bridgehead atoms. The van der Waals surface area contributed by atoms with Crippen LogP contribution in [0.1, 0.15) is 11.6 Å². The Morgan fingerprint density at radius 1 is 1.19 bits per heavy atom. The van der Waals surface area contributed by atoms with Crippen molar-refractivity contribution in [1.82, 2.24) is 0 Å². The normalized spacial score (nSPS) is 12.9. The number of rotatable bonds is 5. The zero-order chi connectivity index (χ0) is 15.5. The summed E-state index contributed by atoms with van der Waals surface area (Å²) < 4.78 is 36.2. The summed E-state index contributed by atoms with van der Waals surface area (Å²) in [5, 5.41) is 17.2. The Balaban J connectivity index is 2.27. The van der Waals surface area contributed by atoms with Gasteiger partial charge in [-0.15, -0.1) is 0 Å². The van der Waals surface area contributed by atoms with Crippen molar-refractivity contribution in [3.63, 3.8) is 0 Å². The number of primary sulfonamides is 1. The van der Waals surface area contributed by atoms with E-state index >= 15 is 0 Å². The van der Waals surface area contributed by atoms with Crippen molar-refractivity contribution in [2.24, 2.45) is 5.14 Å². The fourth-order valence-corrected chi connectivity index (χ4v) is 2.42. The third-order valence-electron chi connectivity index (χ3n) is 2.98. The molecule has 0 fully saturated rings. The molecule has 0 saturated carbocycles. The molecule has 0 saturated heterocycles. The van der Waals surface area contributed by atoms with Gasteiger partial charge in [0.15, 0.2) is 0 Å². The first kappa shape index (κ1) is 15.4. The van der Waals surface area contributed by atoms with Crippen LogP contribution in [-0.2, 0) is 10.0 Å². The Labute approximate surface area is 122 Å². The largest absolute Gasteiger partial charge is 0.394 e. The third-order valence-corrected chi connectivity index (χ3v) is 3.89. The number of benzene rings is 2. The first-order valence-corrected chi connectivity index (χ1v) is 7.71. The Kier molecular flexibility index (Phi) is 4.56. The van der Waals surface area contributed by atoms with Gasteiger partial charge in [0.1, 0.15) is 5.82 Å². The van der Waals surface area contributed by atoms with Crippen molar-refractivity contribution in [2.75, 3.05) is 11.9 Å². The van der Waals surface area contributed by atoms with E-state index in [0.717, 1.165) is 11.6 Å². The van der Waals surface area contributed by atoms with Crippen molar-refractivity contribution in [3.8, 4) is 0 Å². The molecule has 1 atom stereocenters. The number of aliphatic hydroxyl groups excluding tert-OH is 1. The van der Waals surface area contributed by atoms with Crippen LogP contribution in [0.3, 0.4) is 0 Å². The summed E-state index contributed by atoms with van der Waals surface area (Å²) in [6.07, 6.45) is 0. The number of nitrogens with one attached hydrogen (secondary N) is 1. The van der Waals surface area contributed by atoms with Gasteiger partial charge in [0.05, 0.1) is 23.2 Å². The highest BCUT2D eigenvalue weighted by molar-refractivity contribution is 7.89. The zero-order valence-electron chi connectivity index (χ0n) is 11.0. The number of anilines is 1. The maximum atomic E-state index is 13.9. The summed E-state index contributed by atoms with van der Waals surface area (Å²) in [6, 6.07) is 11.9. The lowest BCUT2D eigenvalue weighted by atomic mass is 10.1. The van der Waals surface area contributed by atoms with Crippen LogP contribution in [0.4, 0.5) is 10.1 Å². The molecule has 0 aliphatic rings. The molecule has 5 nitrogen and oxygen atoms in total. The Morgan fingerprint density at radius 2 is 1.86 bits per heavy atom. The summed E-state index contributed by atoms with van der Waals surface area (Å²) in [5.74, 6) is -0.754. The number of hydrogen-bond donors (Lipinski definition) is 3. The molecule has 112 valence electrons. The smallest absolute Gasteiger partial charge is 0.238 e. The highest BCUT2D eigenvalue weighted by Gasteiger charge is 2.15. The fraction of sp³-hybridized carbons (Fsp3) is 0.143. The van der Waals surface area contributed by atoms with Crippen molar-refractivity contribution < 1.29 is 17.9 Å². The summed E-state index contributed by atoms with van der Waals surface area (Å²) in [4.78, 5) is -0.300. The second kappa shape index (κ2) is 6.21. The van der Waals surface area contributed by atoms with Crippen molar-refractivity contribution in [2.45, 2.75) is 10.9 Å². The molecule has 0 aromatic heterocycles. The molecule has 0 amide bonds. The number of sulfonamides is 1. The highest BCUT2D eigenvalue weighted by atomic mass is 32.2. The molecule has 1 unspecified atom stereocenters. The van der Waals surface area contributed by atoms with Crippen LogP contribution in [0, 0.1) is 5.82 Å². The minimum atomic E-state index is -3.95. The van der Waals surface area contributed by atoms with Gasteiger partial charge in [-0.2, -0.15) is 0 Å². The molecule has 0 heterocycles. The Hall–Kier alpha value is -1.96. The van der Waals surface area contributed by atoms with E-state index in [2.05, 4.69) is 5.32 Å². The van der Waals surface area contributed by atoms with E-state index in [-0.39, 0.29) is 17.2 Å². The molecule has 2 aromatic rings. The summed E-state index contributed by atoms with van der Waals surface area (Å²) in [5.41, 5.74) is 0.875. The van der Waals surface area contributed by atoms with E-state index in [1.807, 2.05) is 6.07 Å². The van der Waals surface area contributed by atoms with Gasteiger partial charge in [0, 0.05) is 0 Å². The van der Waals surface area contributed by atoms with Gasteiger partial charge in [-0.25, -0.2) is 17.9 Å². The van der Waals surface area contributed by atoms with Crippen molar-refractivity contribution in [1.29, 1.82) is 0 Å². The molecular weight excluding hydrogens is 295 g/mol. The van der Waals surface area contributed by atoms with E-state index in [0.29, 0.717) is 0 Å². The number of aliphatic hydroxyl groups is 1. The average molecular weight is 310 g/mol. The van der Waals surface area contributed by atoms with E-state index in [4.69, 9.17) is 5.14 Å². The lowest BCUT2D eigenvalue weighted by Crippen LogP contribution is -2.16. The predicted octanol–water partition coefficient (Wildman–Crippen LogP) is 1.62. The third kappa shape index (κ3) is 3.78. The Bertz CT molecular complexity index is 720. The van der Waals surface area contributed by atoms with Gasteiger partial charge in [-0.05, 0) is 23.8 Å². The number of hydrogen-bond acceptors (Lipinski definition) is 4. The van der Waals surface area contributed by atoms with Gasteiger partial charge in [0.25, 0.3) is 0 Å².